The zero-order valence-electron chi connectivity index (χ0n) is 11.3. The van der Waals surface area contributed by atoms with Crippen molar-refractivity contribution in [1.29, 1.82) is 5.26 Å². The molecule has 1 saturated carbocycles. The Bertz CT molecular complexity index is 288. The molecule has 0 amide bonds. The summed E-state index contributed by atoms with van der Waals surface area (Å²) < 4.78 is 40.3. The molecule has 0 radical (unpaired) electrons. The van der Waals surface area contributed by atoms with E-state index >= 15 is 0 Å². The standard InChI is InChI=1S/C14H22F3NO/c15-14(16,17)12-19-10-6-9-13(11-18)7-4-2-1-3-5-8-13/h1-10,12H2. The Morgan fingerprint density at radius 1 is 1.05 bits per heavy atom. The third kappa shape index (κ3) is 6.81. The van der Waals surface area contributed by atoms with Gasteiger partial charge in [-0.3, -0.25) is 0 Å². The lowest BCUT2D eigenvalue weighted by molar-refractivity contribution is -0.174. The molecular weight excluding hydrogens is 255 g/mol. The van der Waals surface area contributed by atoms with Crippen molar-refractivity contribution in [2.24, 2.45) is 5.41 Å². The summed E-state index contributed by atoms with van der Waals surface area (Å²) in [5, 5.41) is 9.37. The van der Waals surface area contributed by atoms with E-state index in [0.717, 1.165) is 38.5 Å². The summed E-state index contributed by atoms with van der Waals surface area (Å²) >= 11 is 0. The molecule has 1 fully saturated rings. The Kier molecular flexibility index (Phi) is 6.64. The number of hydrogen-bond donors (Lipinski definition) is 0. The van der Waals surface area contributed by atoms with Crippen LogP contribution in [-0.4, -0.2) is 19.4 Å². The quantitative estimate of drug-likeness (QED) is 0.688. The first-order valence-electron chi connectivity index (χ1n) is 7.03. The SMILES string of the molecule is N#CC1(CCCOCC(F)(F)F)CCCCCCC1. The van der Waals surface area contributed by atoms with Gasteiger partial charge in [-0.05, 0) is 25.7 Å². The summed E-state index contributed by atoms with van der Waals surface area (Å²) in [5.74, 6) is 0. The molecule has 0 aromatic heterocycles. The van der Waals surface area contributed by atoms with Gasteiger partial charge in [-0.1, -0.05) is 32.1 Å². The Balaban J connectivity index is 2.28. The maximum Gasteiger partial charge on any atom is 0.411 e. The number of nitrogens with zero attached hydrogens (tertiary/aromatic N) is 1. The van der Waals surface area contributed by atoms with Crippen molar-refractivity contribution in [3.63, 3.8) is 0 Å². The molecule has 0 spiro atoms. The van der Waals surface area contributed by atoms with Crippen molar-refractivity contribution in [3.8, 4) is 6.07 Å². The zero-order valence-corrected chi connectivity index (χ0v) is 11.3. The fourth-order valence-electron chi connectivity index (χ4n) is 2.70. The van der Waals surface area contributed by atoms with Gasteiger partial charge < -0.3 is 4.74 Å². The average Bonchev–Trinajstić information content (AvgIpc) is 2.30. The lowest BCUT2D eigenvalue weighted by Crippen LogP contribution is -2.22. The van der Waals surface area contributed by atoms with E-state index < -0.39 is 12.8 Å². The molecule has 0 unspecified atom stereocenters. The second-order valence-corrected chi connectivity index (χ2v) is 5.43. The van der Waals surface area contributed by atoms with E-state index in [1.54, 1.807) is 0 Å². The van der Waals surface area contributed by atoms with Gasteiger partial charge in [0, 0.05) is 6.61 Å². The maximum absolute atomic E-state index is 11.9. The summed E-state index contributed by atoms with van der Waals surface area (Å²) in [6.45, 7) is -1.10. The largest absolute Gasteiger partial charge is 0.411 e. The van der Waals surface area contributed by atoms with Crippen LogP contribution in [0.25, 0.3) is 0 Å². The van der Waals surface area contributed by atoms with Crippen molar-refractivity contribution in [3.05, 3.63) is 0 Å². The Hall–Kier alpha value is -0.760. The van der Waals surface area contributed by atoms with Gasteiger partial charge in [0.05, 0.1) is 11.5 Å². The fraction of sp³-hybridized carbons (Fsp3) is 0.929. The van der Waals surface area contributed by atoms with Crippen LogP contribution >= 0.6 is 0 Å². The van der Waals surface area contributed by atoms with Gasteiger partial charge in [-0.25, -0.2) is 0 Å². The summed E-state index contributed by atoms with van der Waals surface area (Å²) in [5.41, 5.74) is -0.331. The Morgan fingerprint density at radius 2 is 1.63 bits per heavy atom. The predicted octanol–water partition coefficient (Wildman–Crippen LogP) is 4.60. The number of hydrogen-bond acceptors (Lipinski definition) is 2. The maximum atomic E-state index is 11.9. The van der Waals surface area contributed by atoms with Crippen LogP contribution in [0, 0.1) is 16.7 Å². The van der Waals surface area contributed by atoms with Gasteiger partial charge in [-0.15, -0.1) is 0 Å². The molecule has 1 aliphatic carbocycles. The topological polar surface area (TPSA) is 33.0 Å². The van der Waals surface area contributed by atoms with E-state index in [9.17, 15) is 18.4 Å². The van der Waals surface area contributed by atoms with Crippen molar-refractivity contribution < 1.29 is 17.9 Å². The molecule has 5 heteroatoms. The Labute approximate surface area is 112 Å². The van der Waals surface area contributed by atoms with Crippen molar-refractivity contribution in [2.45, 2.75) is 64.0 Å². The fourth-order valence-corrected chi connectivity index (χ4v) is 2.70. The van der Waals surface area contributed by atoms with Gasteiger partial charge in [0.25, 0.3) is 0 Å². The first kappa shape index (κ1) is 16.3. The summed E-state index contributed by atoms with van der Waals surface area (Å²) in [6.07, 6.45) is 4.34. The van der Waals surface area contributed by atoms with E-state index in [2.05, 4.69) is 10.8 Å². The molecule has 110 valence electrons. The molecule has 0 bridgehead atoms. The lowest BCUT2D eigenvalue weighted by atomic mass is 9.74. The lowest BCUT2D eigenvalue weighted by Gasteiger charge is -2.28. The van der Waals surface area contributed by atoms with Crippen molar-refractivity contribution in [1.82, 2.24) is 0 Å². The van der Waals surface area contributed by atoms with Crippen LogP contribution in [0.3, 0.4) is 0 Å². The molecule has 0 aliphatic heterocycles. The van der Waals surface area contributed by atoms with Crippen LogP contribution in [0.1, 0.15) is 57.8 Å². The van der Waals surface area contributed by atoms with Crippen LogP contribution in [0.5, 0.6) is 0 Å². The van der Waals surface area contributed by atoms with E-state index in [1.165, 1.54) is 6.42 Å². The highest BCUT2D eigenvalue weighted by Gasteiger charge is 2.30. The number of nitriles is 1. The molecule has 1 rings (SSSR count). The molecule has 0 N–H and O–H groups in total. The van der Waals surface area contributed by atoms with Crippen LogP contribution in [0.4, 0.5) is 13.2 Å². The van der Waals surface area contributed by atoms with E-state index in [-0.39, 0.29) is 12.0 Å². The van der Waals surface area contributed by atoms with Crippen LogP contribution in [-0.2, 0) is 4.74 Å². The third-order valence-corrected chi connectivity index (χ3v) is 3.76. The summed E-state index contributed by atoms with van der Waals surface area (Å²) in [7, 11) is 0. The van der Waals surface area contributed by atoms with Gasteiger partial charge in [-0.2, -0.15) is 18.4 Å². The van der Waals surface area contributed by atoms with E-state index in [0.29, 0.717) is 12.8 Å². The highest BCUT2D eigenvalue weighted by molar-refractivity contribution is 4.99. The minimum Gasteiger partial charge on any atom is -0.372 e. The van der Waals surface area contributed by atoms with E-state index in [1.807, 2.05) is 0 Å². The minimum atomic E-state index is -4.26. The molecule has 0 saturated heterocycles. The number of ether oxygens (including phenoxy) is 1. The summed E-state index contributed by atoms with van der Waals surface area (Å²) in [4.78, 5) is 0. The van der Waals surface area contributed by atoms with E-state index in [4.69, 9.17) is 0 Å². The smallest absolute Gasteiger partial charge is 0.372 e. The zero-order chi connectivity index (χ0) is 14.2. The normalized spacial score (nSPS) is 20.3. The van der Waals surface area contributed by atoms with Crippen molar-refractivity contribution >= 4 is 0 Å². The molecule has 0 aromatic rings. The first-order valence-corrected chi connectivity index (χ1v) is 7.03. The highest BCUT2D eigenvalue weighted by Crippen LogP contribution is 2.37. The minimum absolute atomic E-state index is 0.0862. The molecule has 0 aromatic carbocycles. The molecule has 19 heavy (non-hydrogen) atoms. The number of alkyl halides is 3. The van der Waals surface area contributed by atoms with Crippen LogP contribution < -0.4 is 0 Å². The molecule has 0 heterocycles. The van der Waals surface area contributed by atoms with Crippen LogP contribution in [0.15, 0.2) is 0 Å². The van der Waals surface area contributed by atoms with Gasteiger partial charge in [0.15, 0.2) is 0 Å². The second-order valence-electron chi connectivity index (χ2n) is 5.43. The summed E-state index contributed by atoms with van der Waals surface area (Å²) in [6, 6.07) is 2.41. The average molecular weight is 277 g/mol. The molecular formula is C14H22F3NO. The molecule has 0 atom stereocenters. The first-order chi connectivity index (χ1) is 8.97. The number of halogens is 3. The predicted molar refractivity (Wildman–Crippen MR) is 66.5 cm³/mol. The monoisotopic (exact) mass is 277 g/mol. The third-order valence-electron chi connectivity index (χ3n) is 3.76. The van der Waals surface area contributed by atoms with Gasteiger partial charge in [0.2, 0.25) is 0 Å². The Morgan fingerprint density at radius 3 is 2.16 bits per heavy atom. The molecule has 2 nitrogen and oxygen atoms in total. The van der Waals surface area contributed by atoms with Gasteiger partial charge in [0.1, 0.15) is 6.61 Å². The van der Waals surface area contributed by atoms with Gasteiger partial charge >= 0.3 is 6.18 Å². The van der Waals surface area contributed by atoms with Crippen LogP contribution in [0.2, 0.25) is 0 Å². The second kappa shape index (κ2) is 7.74. The molecule has 1 aliphatic rings. The van der Waals surface area contributed by atoms with Crippen molar-refractivity contribution in [2.75, 3.05) is 13.2 Å². The highest BCUT2D eigenvalue weighted by atomic mass is 19.4. The number of rotatable bonds is 5.